The van der Waals surface area contributed by atoms with Crippen molar-refractivity contribution in [2.45, 2.75) is 43.4 Å². The van der Waals surface area contributed by atoms with Gasteiger partial charge in [-0.25, -0.2) is 0 Å². The highest BCUT2D eigenvalue weighted by Gasteiger charge is 2.30. The van der Waals surface area contributed by atoms with Gasteiger partial charge in [-0.3, -0.25) is 9.78 Å². The Bertz CT molecular complexity index is 726. The van der Waals surface area contributed by atoms with E-state index in [4.69, 9.17) is 4.74 Å². The number of carbonyl (C=O) groups excluding carboxylic acids is 1. The lowest BCUT2D eigenvalue weighted by molar-refractivity contribution is -0.142. The number of pyridine rings is 1. The molecule has 0 unspecified atom stereocenters. The molecule has 25 heavy (non-hydrogen) atoms. The average molecular weight is 361 g/mol. The normalized spacial score (nSPS) is 22.0. The minimum absolute atomic E-state index is 0.0676. The van der Waals surface area contributed by atoms with Crippen LogP contribution >= 0.6 is 11.8 Å². The number of hydrogen-bond donors (Lipinski definition) is 0. The number of nitrogens with zero attached hydrogens (tertiary/aromatic N) is 5. The Balaban J connectivity index is 1.70. The minimum atomic E-state index is -0.231. The second-order valence-corrected chi connectivity index (χ2v) is 7.67. The standard InChI is InChI=1S/C17H23N5O2S/c1-11-9-22(10-12(2)24-11)16(23)13(3)25-17-20-19-15(21(17)4)14-5-7-18-8-6-14/h5-8,11-13H,9-10H2,1-4H3/t11-,12+,13-/m0/s1. The highest BCUT2D eigenvalue weighted by molar-refractivity contribution is 8.00. The summed E-state index contributed by atoms with van der Waals surface area (Å²) in [6.45, 7) is 7.18. The zero-order valence-electron chi connectivity index (χ0n) is 14.9. The highest BCUT2D eigenvalue weighted by atomic mass is 32.2. The molecule has 0 saturated carbocycles. The zero-order chi connectivity index (χ0) is 18.0. The summed E-state index contributed by atoms with van der Waals surface area (Å²) in [4.78, 5) is 18.7. The van der Waals surface area contributed by atoms with Crippen LogP contribution in [-0.2, 0) is 16.6 Å². The summed E-state index contributed by atoms with van der Waals surface area (Å²) < 4.78 is 7.61. The Morgan fingerprint density at radius 3 is 2.52 bits per heavy atom. The molecule has 2 aromatic heterocycles. The van der Waals surface area contributed by atoms with E-state index in [0.29, 0.717) is 13.1 Å². The van der Waals surface area contributed by atoms with Gasteiger partial charge in [0.25, 0.3) is 0 Å². The third kappa shape index (κ3) is 4.01. The molecule has 1 aliphatic heterocycles. The molecule has 2 aromatic rings. The first-order valence-corrected chi connectivity index (χ1v) is 9.24. The summed E-state index contributed by atoms with van der Waals surface area (Å²) in [5.74, 6) is 0.874. The van der Waals surface area contributed by atoms with Crippen LogP contribution in [0.5, 0.6) is 0 Å². The number of hydrogen-bond acceptors (Lipinski definition) is 6. The number of amides is 1. The van der Waals surface area contributed by atoms with E-state index in [0.717, 1.165) is 16.5 Å². The molecule has 134 valence electrons. The predicted molar refractivity (Wildman–Crippen MR) is 96.1 cm³/mol. The molecular formula is C17H23N5O2S. The molecule has 7 nitrogen and oxygen atoms in total. The van der Waals surface area contributed by atoms with Crippen molar-refractivity contribution in [2.75, 3.05) is 13.1 Å². The van der Waals surface area contributed by atoms with Gasteiger partial charge in [0, 0.05) is 38.1 Å². The Morgan fingerprint density at radius 2 is 1.88 bits per heavy atom. The van der Waals surface area contributed by atoms with E-state index in [1.54, 1.807) is 12.4 Å². The Kier molecular flexibility index (Phi) is 5.39. The van der Waals surface area contributed by atoms with E-state index in [2.05, 4.69) is 15.2 Å². The SMILES string of the molecule is C[C@@H]1CN(C(=O)[C@H](C)Sc2nnc(-c3ccncc3)n2C)C[C@H](C)O1. The van der Waals surface area contributed by atoms with Crippen LogP contribution in [0.15, 0.2) is 29.7 Å². The smallest absolute Gasteiger partial charge is 0.236 e. The molecule has 0 aliphatic carbocycles. The van der Waals surface area contributed by atoms with Gasteiger partial charge in [-0.15, -0.1) is 10.2 Å². The highest BCUT2D eigenvalue weighted by Crippen LogP contribution is 2.27. The molecule has 1 saturated heterocycles. The van der Waals surface area contributed by atoms with Crippen LogP contribution in [0, 0.1) is 0 Å². The molecule has 1 fully saturated rings. The third-order valence-electron chi connectivity index (χ3n) is 4.13. The predicted octanol–water partition coefficient (Wildman–Crippen LogP) is 1.99. The van der Waals surface area contributed by atoms with Crippen LogP contribution in [0.2, 0.25) is 0 Å². The first kappa shape index (κ1) is 17.9. The zero-order valence-corrected chi connectivity index (χ0v) is 15.7. The van der Waals surface area contributed by atoms with Crippen LogP contribution in [0.3, 0.4) is 0 Å². The van der Waals surface area contributed by atoms with Gasteiger partial charge >= 0.3 is 0 Å². The second kappa shape index (κ2) is 7.53. The molecule has 0 bridgehead atoms. The summed E-state index contributed by atoms with van der Waals surface area (Å²) >= 11 is 1.43. The van der Waals surface area contributed by atoms with Gasteiger partial charge in [0.1, 0.15) is 0 Å². The van der Waals surface area contributed by atoms with Crippen molar-refractivity contribution in [1.82, 2.24) is 24.6 Å². The maximum Gasteiger partial charge on any atom is 0.236 e. The fourth-order valence-electron chi connectivity index (χ4n) is 2.99. The molecule has 0 aromatic carbocycles. The largest absolute Gasteiger partial charge is 0.372 e. The number of thioether (sulfide) groups is 1. The first-order chi connectivity index (χ1) is 12.0. The third-order valence-corrected chi connectivity index (χ3v) is 5.26. The Morgan fingerprint density at radius 1 is 1.24 bits per heavy atom. The van der Waals surface area contributed by atoms with Crippen molar-refractivity contribution in [1.29, 1.82) is 0 Å². The quantitative estimate of drug-likeness (QED) is 0.776. The fraction of sp³-hybridized carbons (Fsp3) is 0.529. The summed E-state index contributed by atoms with van der Waals surface area (Å²) in [6.07, 6.45) is 3.59. The van der Waals surface area contributed by atoms with Crippen LogP contribution in [0.4, 0.5) is 0 Å². The van der Waals surface area contributed by atoms with Gasteiger partial charge in [-0.2, -0.15) is 0 Å². The van der Waals surface area contributed by atoms with Crippen molar-refractivity contribution in [3.8, 4) is 11.4 Å². The lowest BCUT2D eigenvalue weighted by Gasteiger charge is -2.36. The maximum atomic E-state index is 12.8. The number of carbonyl (C=O) groups is 1. The fourth-order valence-corrected chi connectivity index (χ4v) is 3.89. The maximum absolute atomic E-state index is 12.8. The second-order valence-electron chi connectivity index (χ2n) is 6.36. The summed E-state index contributed by atoms with van der Waals surface area (Å²) in [6, 6.07) is 3.78. The van der Waals surface area contributed by atoms with Crippen molar-refractivity contribution < 1.29 is 9.53 Å². The number of rotatable bonds is 4. The van der Waals surface area contributed by atoms with Crippen LogP contribution in [0.1, 0.15) is 20.8 Å². The lowest BCUT2D eigenvalue weighted by Crippen LogP contribution is -2.50. The minimum Gasteiger partial charge on any atom is -0.372 e. The van der Waals surface area contributed by atoms with Crippen molar-refractivity contribution in [2.24, 2.45) is 7.05 Å². The van der Waals surface area contributed by atoms with Gasteiger partial charge in [-0.1, -0.05) is 11.8 Å². The summed E-state index contributed by atoms with van der Waals surface area (Å²) in [5, 5.41) is 9.00. The van der Waals surface area contributed by atoms with E-state index in [9.17, 15) is 4.79 Å². The first-order valence-electron chi connectivity index (χ1n) is 8.36. The Labute approximate surface area is 151 Å². The monoisotopic (exact) mass is 361 g/mol. The average Bonchev–Trinajstić information content (AvgIpc) is 2.94. The van der Waals surface area contributed by atoms with E-state index in [-0.39, 0.29) is 23.4 Å². The van der Waals surface area contributed by atoms with Gasteiger partial charge in [0.15, 0.2) is 11.0 Å². The number of ether oxygens (including phenoxy) is 1. The van der Waals surface area contributed by atoms with Crippen LogP contribution in [0.25, 0.3) is 11.4 Å². The molecule has 8 heteroatoms. The van der Waals surface area contributed by atoms with Gasteiger partial charge in [-0.05, 0) is 32.9 Å². The molecule has 3 heterocycles. The van der Waals surface area contributed by atoms with Crippen molar-refractivity contribution in [3.05, 3.63) is 24.5 Å². The van der Waals surface area contributed by atoms with Crippen LogP contribution < -0.4 is 0 Å². The molecule has 0 spiro atoms. The number of morpholine rings is 1. The van der Waals surface area contributed by atoms with Crippen molar-refractivity contribution in [3.63, 3.8) is 0 Å². The van der Waals surface area contributed by atoms with E-state index in [1.165, 1.54) is 11.8 Å². The van der Waals surface area contributed by atoms with Crippen molar-refractivity contribution >= 4 is 17.7 Å². The van der Waals surface area contributed by atoms with E-state index < -0.39 is 0 Å². The van der Waals surface area contributed by atoms with Crippen LogP contribution in [-0.4, -0.2) is 61.1 Å². The molecule has 0 radical (unpaired) electrons. The van der Waals surface area contributed by atoms with Gasteiger partial charge in [0.05, 0.1) is 17.5 Å². The van der Waals surface area contributed by atoms with Gasteiger partial charge in [0.2, 0.25) is 5.91 Å². The molecule has 1 amide bonds. The number of aromatic nitrogens is 4. The molecular weight excluding hydrogens is 338 g/mol. The van der Waals surface area contributed by atoms with E-state index >= 15 is 0 Å². The molecule has 0 N–H and O–H groups in total. The molecule has 3 atom stereocenters. The molecule has 1 aliphatic rings. The van der Waals surface area contributed by atoms with E-state index in [1.807, 2.05) is 49.4 Å². The topological polar surface area (TPSA) is 73.1 Å². The lowest BCUT2D eigenvalue weighted by atomic mass is 10.2. The van der Waals surface area contributed by atoms with Gasteiger partial charge < -0.3 is 14.2 Å². The Hall–Kier alpha value is -1.93. The molecule has 3 rings (SSSR count). The summed E-state index contributed by atoms with van der Waals surface area (Å²) in [7, 11) is 1.91. The summed E-state index contributed by atoms with van der Waals surface area (Å²) in [5.41, 5.74) is 0.951.